The van der Waals surface area contributed by atoms with Gasteiger partial charge >= 0.3 is 0 Å². The van der Waals surface area contributed by atoms with Crippen LogP contribution in [0.3, 0.4) is 0 Å². The first-order valence-corrected chi connectivity index (χ1v) is 5.85. The van der Waals surface area contributed by atoms with Crippen LogP contribution in [-0.4, -0.2) is 25.6 Å². The molecule has 1 amide bonds. The summed E-state index contributed by atoms with van der Waals surface area (Å²) in [7, 11) is 1.68. The molecule has 1 atom stereocenters. The molecule has 1 aliphatic rings. The van der Waals surface area contributed by atoms with Crippen LogP contribution in [-0.2, 0) is 4.79 Å². The SMILES string of the molecule is CN1C(=O)C(CN)Oc2c(Br)cc(Cl)cc21. The Hall–Kier alpha value is -0.780. The number of hydrogen-bond acceptors (Lipinski definition) is 3. The molecule has 0 spiro atoms. The van der Waals surface area contributed by atoms with Crippen LogP contribution in [0.2, 0.25) is 5.02 Å². The van der Waals surface area contributed by atoms with Crippen molar-refractivity contribution in [3.63, 3.8) is 0 Å². The van der Waals surface area contributed by atoms with Gasteiger partial charge in [0.2, 0.25) is 0 Å². The normalized spacial score (nSPS) is 19.4. The fraction of sp³-hybridized carbons (Fsp3) is 0.300. The number of benzene rings is 1. The second kappa shape index (κ2) is 4.24. The van der Waals surface area contributed by atoms with Crippen molar-refractivity contribution >= 4 is 39.1 Å². The number of carbonyl (C=O) groups is 1. The number of nitrogens with two attached hydrogens (primary N) is 1. The number of likely N-dealkylation sites (N-methyl/N-ethyl adjacent to an activating group) is 1. The summed E-state index contributed by atoms with van der Waals surface area (Å²) in [6.07, 6.45) is -0.630. The number of carbonyl (C=O) groups excluding carboxylic acids is 1. The highest BCUT2D eigenvalue weighted by molar-refractivity contribution is 9.10. The van der Waals surface area contributed by atoms with E-state index >= 15 is 0 Å². The largest absolute Gasteiger partial charge is 0.476 e. The van der Waals surface area contributed by atoms with Crippen molar-refractivity contribution in [2.24, 2.45) is 5.73 Å². The lowest BCUT2D eigenvalue weighted by Gasteiger charge is -2.32. The number of hydrogen-bond donors (Lipinski definition) is 1. The minimum atomic E-state index is -0.630. The standard InChI is InChI=1S/C10H10BrClN2O2/c1-14-7-3-5(12)2-6(11)9(7)16-8(4-13)10(14)15/h2-3,8H,4,13H2,1H3. The van der Waals surface area contributed by atoms with E-state index in [0.717, 1.165) is 0 Å². The molecule has 0 fully saturated rings. The van der Waals surface area contributed by atoms with E-state index in [9.17, 15) is 4.79 Å². The number of nitrogens with zero attached hydrogens (tertiary/aromatic N) is 1. The number of anilines is 1. The Kier molecular flexibility index (Phi) is 3.10. The van der Waals surface area contributed by atoms with Crippen molar-refractivity contribution in [2.45, 2.75) is 6.10 Å². The van der Waals surface area contributed by atoms with Crippen molar-refractivity contribution in [2.75, 3.05) is 18.5 Å². The first-order chi connectivity index (χ1) is 7.54. The van der Waals surface area contributed by atoms with E-state index in [0.29, 0.717) is 20.9 Å². The van der Waals surface area contributed by atoms with E-state index in [1.54, 1.807) is 19.2 Å². The van der Waals surface area contributed by atoms with Crippen molar-refractivity contribution in [1.82, 2.24) is 0 Å². The van der Waals surface area contributed by atoms with E-state index < -0.39 is 6.10 Å². The van der Waals surface area contributed by atoms with E-state index in [1.807, 2.05) is 0 Å². The highest BCUT2D eigenvalue weighted by atomic mass is 79.9. The van der Waals surface area contributed by atoms with Crippen LogP contribution < -0.4 is 15.4 Å². The quantitative estimate of drug-likeness (QED) is 0.860. The second-order valence-corrected chi connectivity index (χ2v) is 4.77. The number of ether oxygens (including phenoxy) is 1. The van der Waals surface area contributed by atoms with E-state index in [4.69, 9.17) is 22.1 Å². The van der Waals surface area contributed by atoms with Gasteiger partial charge in [-0.05, 0) is 28.1 Å². The fourth-order valence-corrected chi connectivity index (χ4v) is 2.48. The van der Waals surface area contributed by atoms with Crippen LogP contribution >= 0.6 is 27.5 Å². The zero-order valence-electron chi connectivity index (χ0n) is 8.54. The molecule has 86 valence electrons. The molecule has 0 radical (unpaired) electrons. The Morgan fingerprint density at radius 2 is 2.31 bits per heavy atom. The van der Waals surface area contributed by atoms with Crippen LogP contribution in [0.1, 0.15) is 0 Å². The van der Waals surface area contributed by atoms with Gasteiger partial charge in [0, 0.05) is 18.6 Å². The summed E-state index contributed by atoms with van der Waals surface area (Å²) in [5.41, 5.74) is 6.13. The summed E-state index contributed by atoms with van der Waals surface area (Å²) in [6.45, 7) is 0.150. The molecule has 16 heavy (non-hydrogen) atoms. The summed E-state index contributed by atoms with van der Waals surface area (Å²) in [5, 5.41) is 0.542. The molecule has 6 heteroatoms. The highest BCUT2D eigenvalue weighted by Gasteiger charge is 2.32. The molecule has 0 bridgehead atoms. The van der Waals surface area contributed by atoms with Crippen LogP contribution in [0.5, 0.6) is 5.75 Å². The highest BCUT2D eigenvalue weighted by Crippen LogP contribution is 2.41. The van der Waals surface area contributed by atoms with Gasteiger partial charge in [0.25, 0.3) is 5.91 Å². The number of halogens is 2. The summed E-state index contributed by atoms with van der Waals surface area (Å²) in [6, 6.07) is 3.41. The smallest absolute Gasteiger partial charge is 0.269 e. The minimum absolute atomic E-state index is 0.150. The molecule has 1 heterocycles. The molecule has 1 unspecified atom stereocenters. The van der Waals surface area contributed by atoms with Gasteiger partial charge in [-0.15, -0.1) is 0 Å². The number of fused-ring (bicyclic) bond motifs is 1. The van der Waals surface area contributed by atoms with Gasteiger partial charge in [0.1, 0.15) is 0 Å². The summed E-state index contributed by atoms with van der Waals surface area (Å²) in [4.78, 5) is 13.3. The van der Waals surface area contributed by atoms with Gasteiger partial charge in [0.15, 0.2) is 11.9 Å². The molecule has 1 aromatic rings. The predicted octanol–water partition coefficient (Wildman–Crippen LogP) is 1.78. The van der Waals surface area contributed by atoms with E-state index in [1.165, 1.54) is 4.90 Å². The third-order valence-corrected chi connectivity index (χ3v) is 3.24. The minimum Gasteiger partial charge on any atom is -0.476 e. The second-order valence-electron chi connectivity index (χ2n) is 3.48. The Bertz CT molecular complexity index is 453. The van der Waals surface area contributed by atoms with Gasteiger partial charge in [-0.2, -0.15) is 0 Å². The maximum atomic E-state index is 11.8. The molecule has 2 N–H and O–H groups in total. The molecule has 0 aliphatic carbocycles. The van der Waals surface area contributed by atoms with Crippen LogP contribution in [0, 0.1) is 0 Å². The van der Waals surface area contributed by atoms with Gasteiger partial charge in [0.05, 0.1) is 10.2 Å². The average Bonchev–Trinajstić information content (AvgIpc) is 2.24. The topological polar surface area (TPSA) is 55.6 Å². The van der Waals surface area contributed by atoms with Crippen molar-refractivity contribution < 1.29 is 9.53 Å². The Balaban J connectivity index is 2.54. The lowest BCUT2D eigenvalue weighted by Crippen LogP contribution is -2.47. The van der Waals surface area contributed by atoms with Crippen molar-refractivity contribution in [3.05, 3.63) is 21.6 Å². The lowest BCUT2D eigenvalue weighted by atomic mass is 10.2. The van der Waals surface area contributed by atoms with Gasteiger partial charge < -0.3 is 15.4 Å². The first-order valence-electron chi connectivity index (χ1n) is 4.68. The lowest BCUT2D eigenvalue weighted by molar-refractivity contribution is -0.125. The van der Waals surface area contributed by atoms with E-state index in [-0.39, 0.29) is 12.5 Å². The molecule has 1 aliphatic heterocycles. The van der Waals surface area contributed by atoms with E-state index in [2.05, 4.69) is 15.9 Å². The zero-order valence-corrected chi connectivity index (χ0v) is 10.9. The van der Waals surface area contributed by atoms with Crippen molar-refractivity contribution in [3.8, 4) is 5.75 Å². The fourth-order valence-electron chi connectivity index (χ4n) is 1.59. The molecule has 4 nitrogen and oxygen atoms in total. The third-order valence-electron chi connectivity index (χ3n) is 2.43. The van der Waals surface area contributed by atoms with Gasteiger partial charge in [-0.3, -0.25) is 4.79 Å². The number of rotatable bonds is 1. The maximum Gasteiger partial charge on any atom is 0.269 e. The molecule has 0 saturated heterocycles. The monoisotopic (exact) mass is 304 g/mol. The molecule has 0 saturated carbocycles. The Morgan fingerprint density at radius 3 is 2.94 bits per heavy atom. The van der Waals surface area contributed by atoms with Crippen LogP contribution in [0.15, 0.2) is 16.6 Å². The Morgan fingerprint density at radius 1 is 1.62 bits per heavy atom. The molecule has 1 aromatic carbocycles. The molecular formula is C10H10BrClN2O2. The zero-order chi connectivity index (χ0) is 11.9. The molecular weight excluding hydrogens is 295 g/mol. The average molecular weight is 306 g/mol. The van der Waals surface area contributed by atoms with Crippen molar-refractivity contribution in [1.29, 1.82) is 0 Å². The molecule has 2 rings (SSSR count). The number of amides is 1. The van der Waals surface area contributed by atoms with Gasteiger partial charge in [-0.1, -0.05) is 11.6 Å². The summed E-state index contributed by atoms with van der Waals surface area (Å²) < 4.78 is 6.24. The predicted molar refractivity (Wildman–Crippen MR) is 66.0 cm³/mol. The van der Waals surface area contributed by atoms with Gasteiger partial charge in [-0.25, -0.2) is 0 Å². The summed E-state index contributed by atoms with van der Waals surface area (Å²) in [5.74, 6) is 0.436. The van der Waals surface area contributed by atoms with Crippen LogP contribution in [0.25, 0.3) is 0 Å². The van der Waals surface area contributed by atoms with Crippen LogP contribution in [0.4, 0.5) is 5.69 Å². The first kappa shape index (κ1) is 11.7. The summed E-state index contributed by atoms with van der Waals surface area (Å²) >= 11 is 9.27. The Labute approximate surface area is 106 Å². The third kappa shape index (κ3) is 1.79. The maximum absolute atomic E-state index is 11.8. The molecule has 0 aromatic heterocycles.